The van der Waals surface area contributed by atoms with Crippen molar-refractivity contribution in [1.82, 2.24) is 14.4 Å². The minimum absolute atomic E-state index is 0.0582. The number of amides is 1. The van der Waals surface area contributed by atoms with E-state index in [-0.39, 0.29) is 29.9 Å². The fourth-order valence-electron chi connectivity index (χ4n) is 3.31. The number of nitrogens with zero attached hydrogens (tertiary/aromatic N) is 3. The number of pyridine rings is 1. The van der Waals surface area contributed by atoms with E-state index >= 15 is 0 Å². The number of para-hydroxylation sites is 1. The molecular weight excluding hydrogens is 396 g/mol. The Morgan fingerprint density at radius 1 is 1.24 bits per heavy atom. The van der Waals surface area contributed by atoms with Crippen LogP contribution in [-0.4, -0.2) is 54.6 Å². The molecule has 0 spiro atoms. The van der Waals surface area contributed by atoms with Crippen molar-refractivity contribution in [3.8, 4) is 0 Å². The standard InChI is InChI=1S/C19H20N4O5S/c24-18(21-17-8-11-28-22-17)13-23(12-15-6-3-10-27-15)29(25,26)16-7-1-4-14-5-2-9-20-19(14)16/h1-2,4-5,7-9,11,15H,3,6,10,12-13H2,(H,21,22,24)/t15-/m1/s1. The van der Waals surface area contributed by atoms with Crippen molar-refractivity contribution in [2.24, 2.45) is 0 Å². The maximum absolute atomic E-state index is 13.5. The molecule has 3 heterocycles. The van der Waals surface area contributed by atoms with Gasteiger partial charge in [0.25, 0.3) is 0 Å². The highest BCUT2D eigenvalue weighted by Gasteiger charge is 2.32. The molecule has 4 rings (SSSR count). The lowest BCUT2D eigenvalue weighted by Gasteiger charge is -2.24. The normalized spacial score (nSPS) is 17.1. The average molecular weight is 416 g/mol. The molecule has 0 radical (unpaired) electrons. The number of hydrogen-bond acceptors (Lipinski definition) is 7. The number of carbonyl (C=O) groups is 1. The van der Waals surface area contributed by atoms with Gasteiger partial charge in [0.1, 0.15) is 11.2 Å². The van der Waals surface area contributed by atoms with Gasteiger partial charge in [-0.25, -0.2) is 8.42 Å². The van der Waals surface area contributed by atoms with Crippen LogP contribution in [0, 0.1) is 0 Å². The number of aromatic nitrogens is 2. The Balaban J connectivity index is 1.65. The predicted octanol–water partition coefficient (Wildman–Crippen LogP) is 2.03. The quantitative estimate of drug-likeness (QED) is 0.627. The van der Waals surface area contributed by atoms with Crippen LogP contribution in [0.4, 0.5) is 5.82 Å². The number of benzene rings is 1. The summed E-state index contributed by atoms with van der Waals surface area (Å²) >= 11 is 0. The van der Waals surface area contributed by atoms with E-state index < -0.39 is 15.9 Å². The number of anilines is 1. The molecule has 1 N–H and O–H groups in total. The molecule has 0 unspecified atom stereocenters. The Morgan fingerprint density at radius 3 is 2.86 bits per heavy atom. The minimum atomic E-state index is -4.00. The molecule has 0 saturated carbocycles. The van der Waals surface area contributed by atoms with Crippen LogP contribution < -0.4 is 5.32 Å². The zero-order valence-electron chi connectivity index (χ0n) is 15.5. The van der Waals surface area contributed by atoms with Gasteiger partial charge in [-0.05, 0) is 25.0 Å². The van der Waals surface area contributed by atoms with Crippen molar-refractivity contribution in [1.29, 1.82) is 0 Å². The molecule has 1 aromatic carbocycles. The summed E-state index contributed by atoms with van der Waals surface area (Å²) < 4.78 is 38.4. The molecule has 152 valence electrons. The summed E-state index contributed by atoms with van der Waals surface area (Å²) in [4.78, 5) is 16.8. The number of carbonyl (C=O) groups excluding carboxylic acids is 1. The van der Waals surface area contributed by atoms with Crippen molar-refractivity contribution in [3.63, 3.8) is 0 Å². The molecule has 29 heavy (non-hydrogen) atoms. The first-order valence-corrected chi connectivity index (χ1v) is 10.6. The number of ether oxygens (including phenoxy) is 1. The van der Waals surface area contributed by atoms with Crippen molar-refractivity contribution in [2.45, 2.75) is 23.8 Å². The van der Waals surface area contributed by atoms with E-state index in [1.165, 1.54) is 18.4 Å². The summed E-state index contributed by atoms with van der Waals surface area (Å²) in [7, 11) is -4.00. The van der Waals surface area contributed by atoms with Gasteiger partial charge in [0.05, 0.1) is 18.2 Å². The monoisotopic (exact) mass is 416 g/mol. The summed E-state index contributed by atoms with van der Waals surface area (Å²) in [6.07, 6.45) is 4.21. The van der Waals surface area contributed by atoms with Crippen molar-refractivity contribution >= 4 is 32.7 Å². The van der Waals surface area contributed by atoms with Gasteiger partial charge in [-0.1, -0.05) is 23.4 Å². The van der Waals surface area contributed by atoms with Crippen LogP contribution >= 0.6 is 0 Å². The Morgan fingerprint density at radius 2 is 2.10 bits per heavy atom. The number of nitrogens with one attached hydrogen (secondary N) is 1. The second-order valence-electron chi connectivity index (χ2n) is 6.70. The van der Waals surface area contributed by atoms with Crippen LogP contribution in [0.15, 0.2) is 58.3 Å². The van der Waals surface area contributed by atoms with E-state index in [9.17, 15) is 13.2 Å². The summed E-state index contributed by atoms with van der Waals surface area (Å²) in [6.45, 7) is 0.287. The fourth-order valence-corrected chi connectivity index (χ4v) is 4.90. The Hall–Kier alpha value is -2.82. The van der Waals surface area contributed by atoms with Crippen LogP contribution in [0.2, 0.25) is 0 Å². The van der Waals surface area contributed by atoms with Gasteiger partial charge in [0, 0.05) is 30.8 Å². The van der Waals surface area contributed by atoms with Crippen molar-refractivity contribution < 1.29 is 22.5 Å². The zero-order chi connectivity index (χ0) is 20.3. The van der Waals surface area contributed by atoms with E-state index in [0.29, 0.717) is 17.5 Å². The smallest absolute Gasteiger partial charge is 0.245 e. The number of fused-ring (bicyclic) bond motifs is 1. The van der Waals surface area contributed by atoms with Crippen LogP contribution in [0.1, 0.15) is 12.8 Å². The van der Waals surface area contributed by atoms with Crippen molar-refractivity contribution in [2.75, 3.05) is 25.0 Å². The molecule has 0 aliphatic carbocycles. The molecular formula is C19H20N4O5S. The maximum atomic E-state index is 13.5. The minimum Gasteiger partial charge on any atom is -0.377 e. The van der Waals surface area contributed by atoms with E-state index in [0.717, 1.165) is 17.1 Å². The first-order valence-electron chi connectivity index (χ1n) is 9.20. The van der Waals surface area contributed by atoms with E-state index in [2.05, 4.69) is 20.0 Å². The molecule has 1 atom stereocenters. The molecule has 1 saturated heterocycles. The second-order valence-corrected chi connectivity index (χ2v) is 8.60. The molecule has 0 bridgehead atoms. The highest BCUT2D eigenvalue weighted by atomic mass is 32.2. The average Bonchev–Trinajstić information content (AvgIpc) is 3.41. The molecule has 2 aromatic heterocycles. The van der Waals surface area contributed by atoms with E-state index in [4.69, 9.17) is 4.74 Å². The number of rotatable bonds is 7. The predicted molar refractivity (Wildman–Crippen MR) is 105 cm³/mol. The Kier molecular flexibility index (Phi) is 5.56. The van der Waals surface area contributed by atoms with Gasteiger partial charge in [-0.2, -0.15) is 4.31 Å². The van der Waals surface area contributed by atoms with Gasteiger partial charge in [0.2, 0.25) is 15.9 Å². The van der Waals surface area contributed by atoms with Crippen LogP contribution in [0.5, 0.6) is 0 Å². The van der Waals surface area contributed by atoms with Crippen LogP contribution in [-0.2, 0) is 19.6 Å². The largest absolute Gasteiger partial charge is 0.377 e. The topological polar surface area (TPSA) is 115 Å². The lowest BCUT2D eigenvalue weighted by atomic mass is 10.2. The SMILES string of the molecule is O=C(CN(C[C@H]1CCCO1)S(=O)(=O)c1cccc2cccnc12)Nc1ccon1. The number of hydrogen-bond donors (Lipinski definition) is 1. The van der Waals surface area contributed by atoms with Gasteiger partial charge in [-0.15, -0.1) is 0 Å². The molecule has 9 nitrogen and oxygen atoms in total. The first-order chi connectivity index (χ1) is 14.0. The summed E-state index contributed by atoms with van der Waals surface area (Å²) in [5.41, 5.74) is 0.365. The van der Waals surface area contributed by atoms with Gasteiger partial charge < -0.3 is 14.6 Å². The maximum Gasteiger partial charge on any atom is 0.245 e. The van der Waals surface area contributed by atoms with Gasteiger partial charge in [0.15, 0.2) is 5.82 Å². The molecule has 1 aliphatic heterocycles. The first kappa shape index (κ1) is 19.5. The zero-order valence-corrected chi connectivity index (χ0v) is 16.3. The lowest BCUT2D eigenvalue weighted by molar-refractivity contribution is -0.116. The summed E-state index contributed by atoms with van der Waals surface area (Å²) in [5, 5.41) is 6.86. The third-order valence-electron chi connectivity index (χ3n) is 4.67. The van der Waals surface area contributed by atoms with E-state index in [1.807, 2.05) is 0 Å². The molecule has 1 fully saturated rings. The fraction of sp³-hybridized carbons (Fsp3) is 0.316. The highest BCUT2D eigenvalue weighted by molar-refractivity contribution is 7.89. The summed E-state index contributed by atoms with van der Waals surface area (Å²) in [6, 6.07) is 9.98. The molecule has 3 aromatic rings. The number of sulfonamides is 1. The van der Waals surface area contributed by atoms with Crippen LogP contribution in [0.3, 0.4) is 0 Å². The van der Waals surface area contributed by atoms with Crippen LogP contribution in [0.25, 0.3) is 10.9 Å². The lowest BCUT2D eigenvalue weighted by Crippen LogP contribution is -2.42. The Labute approximate surface area is 167 Å². The third-order valence-corrected chi connectivity index (χ3v) is 6.51. The third kappa shape index (κ3) is 4.29. The van der Waals surface area contributed by atoms with Gasteiger partial charge in [-0.3, -0.25) is 9.78 Å². The Bertz CT molecular complexity index is 1090. The molecule has 1 amide bonds. The summed E-state index contributed by atoms with van der Waals surface area (Å²) in [5.74, 6) is -0.301. The van der Waals surface area contributed by atoms with Gasteiger partial charge >= 0.3 is 0 Å². The molecule has 1 aliphatic rings. The van der Waals surface area contributed by atoms with E-state index in [1.54, 1.807) is 30.5 Å². The molecule has 10 heteroatoms. The second kappa shape index (κ2) is 8.27. The van der Waals surface area contributed by atoms with Crippen molar-refractivity contribution in [3.05, 3.63) is 48.9 Å². The highest BCUT2D eigenvalue weighted by Crippen LogP contribution is 2.25.